The normalized spacial score (nSPS) is 13.2. The Morgan fingerprint density at radius 3 is 2.55 bits per heavy atom. The van der Waals surface area contributed by atoms with Crippen molar-refractivity contribution in [1.82, 2.24) is 4.98 Å². The molecule has 0 heterocycles. The third-order valence-electron chi connectivity index (χ3n) is 1.73. The minimum atomic E-state index is -0.0856. The molecule has 1 N–H and O–H groups in total. The standard InChI is InChI=1S/C9H21NSi/c1-4-7-9(6-3)11-10-8-5-2/h7,10H,4-6,8,11H2,1-3H3. The van der Waals surface area contributed by atoms with Gasteiger partial charge in [-0.25, -0.2) is 0 Å². The van der Waals surface area contributed by atoms with Crippen molar-refractivity contribution in [1.29, 1.82) is 0 Å². The monoisotopic (exact) mass is 171 g/mol. The summed E-state index contributed by atoms with van der Waals surface area (Å²) in [6.45, 7) is 7.88. The maximum Gasteiger partial charge on any atom is 0.119 e. The third kappa shape index (κ3) is 6.32. The van der Waals surface area contributed by atoms with E-state index in [1.54, 1.807) is 5.20 Å². The van der Waals surface area contributed by atoms with E-state index in [1.165, 1.54) is 25.8 Å². The molecule has 0 bridgehead atoms. The van der Waals surface area contributed by atoms with E-state index in [0.717, 1.165) is 0 Å². The van der Waals surface area contributed by atoms with Crippen LogP contribution < -0.4 is 4.98 Å². The predicted molar refractivity (Wildman–Crippen MR) is 55.5 cm³/mol. The van der Waals surface area contributed by atoms with Crippen LogP contribution in [0, 0.1) is 0 Å². The summed E-state index contributed by atoms with van der Waals surface area (Å²) < 4.78 is 0. The maximum absolute atomic E-state index is 3.54. The van der Waals surface area contributed by atoms with Crippen LogP contribution in [0.25, 0.3) is 0 Å². The van der Waals surface area contributed by atoms with Crippen LogP contribution in [0.15, 0.2) is 11.3 Å². The Bertz CT molecular complexity index is 110. The van der Waals surface area contributed by atoms with Crippen LogP contribution in [0.2, 0.25) is 0 Å². The zero-order chi connectivity index (χ0) is 8.53. The first-order chi connectivity index (χ1) is 5.35. The molecule has 0 aliphatic rings. The number of nitrogens with one attached hydrogen (secondary N) is 1. The first kappa shape index (κ1) is 10.9. The van der Waals surface area contributed by atoms with Gasteiger partial charge in [0.25, 0.3) is 0 Å². The molecule has 0 aromatic rings. The van der Waals surface area contributed by atoms with Crippen molar-refractivity contribution >= 4 is 9.68 Å². The summed E-state index contributed by atoms with van der Waals surface area (Å²) in [6.07, 6.45) is 6.09. The summed E-state index contributed by atoms with van der Waals surface area (Å²) >= 11 is 0. The second-order valence-electron chi connectivity index (χ2n) is 2.80. The largest absolute Gasteiger partial charge is 0.339 e. The van der Waals surface area contributed by atoms with Crippen molar-refractivity contribution < 1.29 is 0 Å². The van der Waals surface area contributed by atoms with Crippen molar-refractivity contribution in [2.45, 2.75) is 40.0 Å². The smallest absolute Gasteiger partial charge is 0.119 e. The van der Waals surface area contributed by atoms with Crippen LogP contribution >= 0.6 is 0 Å². The Morgan fingerprint density at radius 1 is 1.36 bits per heavy atom. The molecule has 11 heavy (non-hydrogen) atoms. The Kier molecular flexibility index (Phi) is 7.96. The van der Waals surface area contributed by atoms with Crippen molar-refractivity contribution in [3.05, 3.63) is 11.3 Å². The fraction of sp³-hybridized carbons (Fsp3) is 0.778. The Morgan fingerprint density at radius 2 is 2.09 bits per heavy atom. The molecular formula is C9H21NSi. The van der Waals surface area contributed by atoms with Crippen LogP contribution in [-0.2, 0) is 0 Å². The predicted octanol–water partition coefficient (Wildman–Crippen LogP) is 1.77. The molecule has 1 nitrogen and oxygen atoms in total. The van der Waals surface area contributed by atoms with E-state index >= 15 is 0 Å². The fourth-order valence-electron chi connectivity index (χ4n) is 1.06. The maximum atomic E-state index is 3.54. The SMILES string of the molecule is CCC=C(CC)[SiH2]NCCC. The Hall–Kier alpha value is -0.0831. The highest BCUT2D eigenvalue weighted by Crippen LogP contribution is 1.97. The third-order valence-corrected chi connectivity index (χ3v) is 3.57. The molecule has 0 aromatic carbocycles. The van der Waals surface area contributed by atoms with Gasteiger partial charge in [0.15, 0.2) is 0 Å². The van der Waals surface area contributed by atoms with Gasteiger partial charge in [0.05, 0.1) is 0 Å². The highest BCUT2D eigenvalue weighted by atomic mass is 28.2. The van der Waals surface area contributed by atoms with Crippen LogP contribution in [0.3, 0.4) is 0 Å². The van der Waals surface area contributed by atoms with E-state index in [9.17, 15) is 0 Å². The Labute approximate surface area is 73.2 Å². The molecular weight excluding hydrogens is 150 g/mol. The van der Waals surface area contributed by atoms with E-state index < -0.39 is 0 Å². The van der Waals surface area contributed by atoms with Crippen LogP contribution in [0.1, 0.15) is 40.0 Å². The summed E-state index contributed by atoms with van der Waals surface area (Å²) in [4.78, 5) is 3.54. The van der Waals surface area contributed by atoms with Gasteiger partial charge < -0.3 is 4.98 Å². The van der Waals surface area contributed by atoms with Crippen LogP contribution in [0.4, 0.5) is 0 Å². The van der Waals surface area contributed by atoms with Gasteiger partial charge in [0.2, 0.25) is 0 Å². The minimum absolute atomic E-state index is 0.0856. The molecule has 0 aliphatic heterocycles. The zero-order valence-electron chi connectivity index (χ0n) is 8.11. The molecule has 0 unspecified atom stereocenters. The lowest BCUT2D eigenvalue weighted by Crippen LogP contribution is -2.21. The van der Waals surface area contributed by atoms with E-state index in [0.29, 0.717) is 0 Å². The van der Waals surface area contributed by atoms with E-state index in [4.69, 9.17) is 0 Å². The number of hydrogen-bond acceptors (Lipinski definition) is 1. The van der Waals surface area contributed by atoms with Gasteiger partial charge in [-0.1, -0.05) is 32.0 Å². The van der Waals surface area contributed by atoms with Crippen LogP contribution in [0.5, 0.6) is 0 Å². The molecule has 0 rings (SSSR count). The van der Waals surface area contributed by atoms with E-state index in [-0.39, 0.29) is 9.68 Å². The summed E-state index contributed by atoms with van der Waals surface area (Å²) in [7, 11) is -0.0856. The van der Waals surface area contributed by atoms with E-state index in [1.807, 2.05) is 0 Å². The van der Waals surface area contributed by atoms with Crippen molar-refractivity contribution in [2.24, 2.45) is 0 Å². The van der Waals surface area contributed by atoms with Gasteiger partial charge in [-0.2, -0.15) is 0 Å². The molecule has 0 spiro atoms. The lowest BCUT2D eigenvalue weighted by Gasteiger charge is -2.04. The van der Waals surface area contributed by atoms with Gasteiger partial charge >= 0.3 is 0 Å². The number of allylic oxidation sites excluding steroid dienone is 2. The summed E-state index contributed by atoms with van der Waals surface area (Å²) in [6, 6.07) is 0. The Balaban J connectivity index is 3.44. The van der Waals surface area contributed by atoms with Crippen molar-refractivity contribution in [3.8, 4) is 0 Å². The first-order valence-corrected chi connectivity index (χ1v) is 6.15. The number of hydrogen-bond donors (Lipinski definition) is 1. The fourth-order valence-corrected chi connectivity index (χ4v) is 2.59. The second kappa shape index (κ2) is 8.02. The lowest BCUT2D eigenvalue weighted by molar-refractivity contribution is 0.859. The topological polar surface area (TPSA) is 12.0 Å². The molecule has 0 radical (unpaired) electrons. The molecule has 0 saturated heterocycles. The first-order valence-electron chi connectivity index (χ1n) is 4.73. The van der Waals surface area contributed by atoms with Gasteiger partial charge in [0, 0.05) is 0 Å². The molecule has 66 valence electrons. The molecule has 0 saturated carbocycles. The second-order valence-corrected chi connectivity index (χ2v) is 4.56. The lowest BCUT2D eigenvalue weighted by atomic mass is 10.3. The highest BCUT2D eigenvalue weighted by molar-refractivity contribution is 6.42. The molecule has 2 heteroatoms. The molecule has 0 amide bonds. The minimum Gasteiger partial charge on any atom is -0.339 e. The summed E-state index contributed by atoms with van der Waals surface area (Å²) in [5.74, 6) is 0. The van der Waals surface area contributed by atoms with Crippen molar-refractivity contribution in [3.63, 3.8) is 0 Å². The highest BCUT2D eigenvalue weighted by Gasteiger charge is 1.92. The molecule has 0 aromatic heterocycles. The zero-order valence-corrected chi connectivity index (χ0v) is 9.53. The molecule has 0 fully saturated rings. The number of rotatable bonds is 6. The van der Waals surface area contributed by atoms with E-state index in [2.05, 4.69) is 31.8 Å². The average molecular weight is 171 g/mol. The average Bonchev–Trinajstić information content (AvgIpc) is 2.03. The van der Waals surface area contributed by atoms with Crippen molar-refractivity contribution in [2.75, 3.05) is 6.54 Å². The van der Waals surface area contributed by atoms with Gasteiger partial charge in [-0.15, -0.1) is 0 Å². The van der Waals surface area contributed by atoms with Gasteiger partial charge in [-0.3, -0.25) is 0 Å². The summed E-state index contributed by atoms with van der Waals surface area (Å²) in [5, 5.41) is 1.68. The molecule has 0 atom stereocenters. The van der Waals surface area contributed by atoms with Gasteiger partial charge in [0.1, 0.15) is 9.68 Å². The quantitative estimate of drug-likeness (QED) is 0.474. The summed E-state index contributed by atoms with van der Waals surface area (Å²) in [5.41, 5.74) is 0. The van der Waals surface area contributed by atoms with Crippen LogP contribution in [-0.4, -0.2) is 16.2 Å². The van der Waals surface area contributed by atoms with Gasteiger partial charge in [-0.05, 0) is 25.8 Å². The molecule has 0 aliphatic carbocycles.